The molecule has 1 N–H and O–H groups in total. The lowest BCUT2D eigenvalue weighted by Gasteiger charge is -2.01. The number of carbonyl (C=O) groups excluding carboxylic acids is 1. The number of esters is 1. The fourth-order valence-electron chi connectivity index (χ4n) is 2.08. The summed E-state index contributed by atoms with van der Waals surface area (Å²) in [7, 11) is 0. The second-order valence-corrected chi connectivity index (χ2v) is 6.35. The molecule has 6 heteroatoms. The van der Waals surface area contributed by atoms with E-state index >= 15 is 0 Å². The summed E-state index contributed by atoms with van der Waals surface area (Å²) in [6.45, 7) is 1.80. The van der Waals surface area contributed by atoms with Gasteiger partial charge in [0.25, 0.3) is 0 Å². The number of aromatic amines is 1. The molecule has 21 heavy (non-hydrogen) atoms. The molecule has 0 bridgehead atoms. The Kier molecular flexibility index (Phi) is 3.94. The lowest BCUT2D eigenvalue weighted by Crippen LogP contribution is -2.03. The van der Waals surface area contributed by atoms with Gasteiger partial charge >= 0.3 is 5.97 Å². The maximum absolute atomic E-state index is 10.8. The number of aromatic nitrogens is 2. The molecule has 108 valence electrons. The van der Waals surface area contributed by atoms with E-state index in [9.17, 15) is 4.79 Å². The van der Waals surface area contributed by atoms with Crippen molar-refractivity contribution in [2.75, 3.05) is 6.61 Å². The maximum Gasteiger partial charge on any atom is 0.302 e. The van der Waals surface area contributed by atoms with E-state index in [0.717, 1.165) is 31.6 Å². The standard InChI is InChI=1S/C15H13ClN2O2S/c1-9(19)20-7-6-10-2-3-11-12(8-10)18-15(17-11)13-4-5-14(16)21-13/h2-5,8H,6-7H2,1H3,(H,17,18). The van der Waals surface area contributed by atoms with Gasteiger partial charge in [0.15, 0.2) is 0 Å². The zero-order valence-corrected chi connectivity index (χ0v) is 12.9. The molecule has 0 aliphatic carbocycles. The van der Waals surface area contributed by atoms with Crippen molar-refractivity contribution in [3.8, 4) is 10.7 Å². The van der Waals surface area contributed by atoms with E-state index in [-0.39, 0.29) is 5.97 Å². The first-order valence-corrected chi connectivity index (χ1v) is 7.69. The number of H-pyrrole nitrogens is 1. The van der Waals surface area contributed by atoms with Gasteiger partial charge in [-0.15, -0.1) is 11.3 Å². The van der Waals surface area contributed by atoms with Crippen LogP contribution in [0.4, 0.5) is 0 Å². The van der Waals surface area contributed by atoms with Gasteiger partial charge in [0, 0.05) is 13.3 Å². The molecule has 0 fully saturated rings. The molecule has 4 nitrogen and oxygen atoms in total. The first-order valence-electron chi connectivity index (χ1n) is 6.49. The minimum Gasteiger partial charge on any atom is -0.466 e. The molecule has 1 aromatic carbocycles. The Balaban J connectivity index is 1.83. The Morgan fingerprint density at radius 2 is 2.24 bits per heavy atom. The van der Waals surface area contributed by atoms with E-state index in [1.807, 2.05) is 30.3 Å². The molecule has 3 rings (SSSR count). The van der Waals surface area contributed by atoms with Gasteiger partial charge in [-0.1, -0.05) is 17.7 Å². The highest BCUT2D eigenvalue weighted by molar-refractivity contribution is 7.19. The van der Waals surface area contributed by atoms with Crippen LogP contribution < -0.4 is 0 Å². The van der Waals surface area contributed by atoms with Crippen molar-refractivity contribution in [3.63, 3.8) is 0 Å². The zero-order valence-electron chi connectivity index (χ0n) is 11.4. The number of nitrogens with zero attached hydrogens (tertiary/aromatic N) is 1. The van der Waals surface area contributed by atoms with Gasteiger partial charge in [0.05, 0.1) is 26.9 Å². The predicted octanol–water partition coefficient (Wildman–Crippen LogP) is 4.05. The molecule has 0 saturated carbocycles. The number of imidazole rings is 1. The maximum atomic E-state index is 10.8. The minimum atomic E-state index is -0.255. The summed E-state index contributed by atoms with van der Waals surface area (Å²) in [5.74, 6) is 0.563. The van der Waals surface area contributed by atoms with E-state index in [4.69, 9.17) is 16.3 Å². The van der Waals surface area contributed by atoms with E-state index in [1.54, 1.807) is 0 Å². The normalized spacial score (nSPS) is 11.0. The molecule has 2 aromatic heterocycles. The van der Waals surface area contributed by atoms with E-state index in [0.29, 0.717) is 13.0 Å². The number of benzene rings is 1. The van der Waals surface area contributed by atoms with Gasteiger partial charge in [-0.25, -0.2) is 4.98 Å². The van der Waals surface area contributed by atoms with Crippen molar-refractivity contribution in [1.82, 2.24) is 9.97 Å². The van der Waals surface area contributed by atoms with E-state index < -0.39 is 0 Å². The van der Waals surface area contributed by atoms with Gasteiger partial charge in [0.2, 0.25) is 0 Å². The molecule has 0 radical (unpaired) electrons. The largest absolute Gasteiger partial charge is 0.466 e. The predicted molar refractivity (Wildman–Crippen MR) is 84.8 cm³/mol. The first kappa shape index (κ1) is 14.1. The quantitative estimate of drug-likeness (QED) is 0.738. The Labute approximate surface area is 130 Å². The monoisotopic (exact) mass is 320 g/mol. The second kappa shape index (κ2) is 5.87. The second-order valence-electron chi connectivity index (χ2n) is 4.63. The highest BCUT2D eigenvalue weighted by Gasteiger charge is 2.08. The van der Waals surface area contributed by atoms with Crippen LogP contribution >= 0.6 is 22.9 Å². The Hall–Kier alpha value is -1.85. The van der Waals surface area contributed by atoms with Crippen LogP contribution in [0.2, 0.25) is 4.34 Å². The van der Waals surface area contributed by atoms with Gasteiger partial charge < -0.3 is 9.72 Å². The number of ether oxygens (including phenoxy) is 1. The van der Waals surface area contributed by atoms with Crippen molar-refractivity contribution in [2.24, 2.45) is 0 Å². The van der Waals surface area contributed by atoms with Gasteiger partial charge in [0.1, 0.15) is 5.82 Å². The number of rotatable bonds is 4. The van der Waals surface area contributed by atoms with Gasteiger partial charge in [-0.2, -0.15) is 0 Å². The summed E-state index contributed by atoms with van der Waals surface area (Å²) < 4.78 is 5.70. The van der Waals surface area contributed by atoms with Crippen LogP contribution in [0.15, 0.2) is 30.3 Å². The fourth-order valence-corrected chi connectivity index (χ4v) is 3.07. The number of hydrogen-bond acceptors (Lipinski definition) is 4. The van der Waals surface area contributed by atoms with Crippen LogP contribution in [-0.2, 0) is 16.0 Å². The van der Waals surface area contributed by atoms with Crippen LogP contribution in [0.25, 0.3) is 21.7 Å². The molecule has 0 aliphatic heterocycles. The van der Waals surface area contributed by atoms with Crippen molar-refractivity contribution < 1.29 is 9.53 Å². The number of hydrogen-bond donors (Lipinski definition) is 1. The van der Waals surface area contributed by atoms with Crippen LogP contribution in [-0.4, -0.2) is 22.5 Å². The molecule has 0 unspecified atom stereocenters. The number of fused-ring (bicyclic) bond motifs is 1. The third-order valence-electron chi connectivity index (χ3n) is 3.05. The van der Waals surface area contributed by atoms with Crippen molar-refractivity contribution in [2.45, 2.75) is 13.3 Å². The molecule has 0 spiro atoms. The molecule has 0 amide bonds. The van der Waals surface area contributed by atoms with Crippen LogP contribution in [0.3, 0.4) is 0 Å². The molecular weight excluding hydrogens is 308 g/mol. The number of carbonyl (C=O) groups is 1. The molecule has 0 atom stereocenters. The highest BCUT2D eigenvalue weighted by atomic mass is 35.5. The average Bonchev–Trinajstić information content (AvgIpc) is 3.03. The Morgan fingerprint density at radius 3 is 2.95 bits per heavy atom. The number of halogens is 1. The summed E-state index contributed by atoms with van der Waals surface area (Å²) in [5, 5.41) is 0. The molecule has 3 aromatic rings. The van der Waals surface area contributed by atoms with Gasteiger partial charge in [-0.3, -0.25) is 4.79 Å². The number of nitrogens with one attached hydrogen (secondary N) is 1. The third-order valence-corrected chi connectivity index (χ3v) is 4.29. The smallest absolute Gasteiger partial charge is 0.302 e. The summed E-state index contributed by atoms with van der Waals surface area (Å²) in [6, 6.07) is 9.81. The van der Waals surface area contributed by atoms with Crippen molar-refractivity contribution >= 4 is 39.9 Å². The van der Waals surface area contributed by atoms with Crippen molar-refractivity contribution in [3.05, 3.63) is 40.2 Å². The molecule has 0 aliphatic rings. The lowest BCUT2D eigenvalue weighted by molar-refractivity contribution is -0.140. The third kappa shape index (κ3) is 3.25. The van der Waals surface area contributed by atoms with Crippen molar-refractivity contribution in [1.29, 1.82) is 0 Å². The summed E-state index contributed by atoms with van der Waals surface area (Å²) in [5.41, 5.74) is 2.98. The average molecular weight is 321 g/mol. The zero-order chi connectivity index (χ0) is 14.8. The van der Waals surface area contributed by atoms with Crippen LogP contribution in [0, 0.1) is 0 Å². The Bertz CT molecular complexity index is 794. The SMILES string of the molecule is CC(=O)OCCc1ccc2nc(-c3ccc(Cl)s3)[nH]c2c1. The van der Waals surface area contributed by atoms with Crippen LogP contribution in [0.1, 0.15) is 12.5 Å². The lowest BCUT2D eigenvalue weighted by atomic mass is 10.1. The summed E-state index contributed by atoms with van der Waals surface area (Å²) >= 11 is 7.44. The molecular formula is C15H13ClN2O2S. The summed E-state index contributed by atoms with van der Waals surface area (Å²) in [4.78, 5) is 19.6. The van der Waals surface area contributed by atoms with E-state index in [1.165, 1.54) is 18.3 Å². The van der Waals surface area contributed by atoms with E-state index in [2.05, 4.69) is 9.97 Å². The van der Waals surface area contributed by atoms with Gasteiger partial charge in [-0.05, 0) is 29.8 Å². The fraction of sp³-hybridized carbons (Fsp3) is 0.200. The summed E-state index contributed by atoms with van der Waals surface area (Å²) in [6.07, 6.45) is 0.689. The van der Waals surface area contributed by atoms with Crippen LogP contribution in [0.5, 0.6) is 0 Å². The molecule has 2 heterocycles. The molecule has 0 saturated heterocycles. The first-order chi connectivity index (χ1) is 10.1. The Morgan fingerprint density at radius 1 is 1.38 bits per heavy atom. The topological polar surface area (TPSA) is 55.0 Å². The highest BCUT2D eigenvalue weighted by Crippen LogP contribution is 2.30. The minimum absolute atomic E-state index is 0.255. The number of thiophene rings is 1.